The van der Waals surface area contributed by atoms with Crippen LogP contribution in [0.3, 0.4) is 0 Å². The van der Waals surface area contributed by atoms with Gasteiger partial charge in [0.05, 0.1) is 6.54 Å². The molecule has 0 spiro atoms. The van der Waals surface area contributed by atoms with Gasteiger partial charge in [-0.25, -0.2) is 0 Å². The topological polar surface area (TPSA) is 49.4 Å². The maximum atomic E-state index is 12.6. The molecular formula is C17H32N2O2. The van der Waals surface area contributed by atoms with Crippen molar-refractivity contribution in [1.82, 2.24) is 10.2 Å². The van der Waals surface area contributed by atoms with E-state index in [2.05, 4.69) is 26.1 Å². The van der Waals surface area contributed by atoms with Gasteiger partial charge >= 0.3 is 0 Å². The SMILES string of the molecule is CCCCCC(C)(C)CN1CC(=O)NC(C(C)(C)C)C1=O. The lowest BCUT2D eigenvalue weighted by Crippen LogP contribution is -2.63. The monoisotopic (exact) mass is 296 g/mol. The first-order valence-corrected chi connectivity index (χ1v) is 8.15. The minimum Gasteiger partial charge on any atom is -0.342 e. The second-order valence-corrected chi connectivity index (χ2v) is 8.18. The molecule has 0 bridgehead atoms. The van der Waals surface area contributed by atoms with E-state index < -0.39 is 6.04 Å². The molecule has 1 aliphatic heterocycles. The van der Waals surface area contributed by atoms with Gasteiger partial charge in [0, 0.05) is 6.54 Å². The van der Waals surface area contributed by atoms with E-state index in [-0.39, 0.29) is 29.2 Å². The number of carbonyl (C=O) groups excluding carboxylic acids is 2. The summed E-state index contributed by atoms with van der Waals surface area (Å²) in [6, 6.07) is -0.412. The Bertz CT molecular complexity index is 383. The van der Waals surface area contributed by atoms with Gasteiger partial charge in [0.25, 0.3) is 0 Å². The summed E-state index contributed by atoms with van der Waals surface area (Å²) in [4.78, 5) is 26.3. The molecular weight excluding hydrogens is 264 g/mol. The number of hydrogen-bond donors (Lipinski definition) is 1. The van der Waals surface area contributed by atoms with Crippen LogP contribution in [0.5, 0.6) is 0 Å². The first-order valence-electron chi connectivity index (χ1n) is 8.15. The van der Waals surface area contributed by atoms with E-state index in [1.165, 1.54) is 19.3 Å². The highest BCUT2D eigenvalue weighted by molar-refractivity contribution is 5.95. The highest BCUT2D eigenvalue weighted by Crippen LogP contribution is 2.28. The van der Waals surface area contributed by atoms with Crippen molar-refractivity contribution in [2.75, 3.05) is 13.1 Å². The maximum Gasteiger partial charge on any atom is 0.246 e. The Morgan fingerprint density at radius 3 is 2.29 bits per heavy atom. The first-order chi connectivity index (χ1) is 9.57. The summed E-state index contributed by atoms with van der Waals surface area (Å²) >= 11 is 0. The van der Waals surface area contributed by atoms with E-state index in [1.807, 2.05) is 20.8 Å². The Balaban J connectivity index is 2.72. The van der Waals surface area contributed by atoms with E-state index in [0.29, 0.717) is 6.54 Å². The second kappa shape index (κ2) is 6.80. The Kier molecular flexibility index (Phi) is 5.83. The quantitative estimate of drug-likeness (QED) is 0.766. The number of unbranched alkanes of at least 4 members (excludes halogenated alkanes) is 2. The molecule has 1 unspecified atom stereocenters. The van der Waals surface area contributed by atoms with Gasteiger partial charge in [-0.05, 0) is 17.3 Å². The van der Waals surface area contributed by atoms with E-state index in [4.69, 9.17) is 0 Å². The van der Waals surface area contributed by atoms with Gasteiger partial charge in [-0.15, -0.1) is 0 Å². The second-order valence-electron chi connectivity index (χ2n) is 8.18. The fourth-order valence-corrected chi connectivity index (χ4v) is 2.87. The molecule has 122 valence electrons. The molecule has 1 heterocycles. The molecule has 0 aromatic carbocycles. The number of nitrogens with zero attached hydrogens (tertiary/aromatic N) is 1. The largest absolute Gasteiger partial charge is 0.342 e. The van der Waals surface area contributed by atoms with Gasteiger partial charge in [0.2, 0.25) is 11.8 Å². The fraction of sp³-hybridized carbons (Fsp3) is 0.882. The lowest BCUT2D eigenvalue weighted by Gasteiger charge is -2.41. The molecule has 4 nitrogen and oxygen atoms in total. The lowest BCUT2D eigenvalue weighted by molar-refractivity contribution is -0.148. The third-order valence-corrected chi connectivity index (χ3v) is 4.14. The van der Waals surface area contributed by atoms with Crippen LogP contribution in [0.25, 0.3) is 0 Å². The Morgan fingerprint density at radius 2 is 1.76 bits per heavy atom. The molecule has 21 heavy (non-hydrogen) atoms. The standard InChI is InChI=1S/C17H32N2O2/c1-7-8-9-10-17(5,6)12-19-11-13(20)18-14(15(19)21)16(2,3)4/h14H,7-12H2,1-6H3,(H,18,20). The van der Waals surface area contributed by atoms with Crippen LogP contribution in [0.1, 0.15) is 67.2 Å². The average Bonchev–Trinajstić information content (AvgIpc) is 2.31. The van der Waals surface area contributed by atoms with Crippen LogP contribution >= 0.6 is 0 Å². The Labute approximate surface area is 129 Å². The van der Waals surface area contributed by atoms with E-state index in [9.17, 15) is 9.59 Å². The number of hydrogen-bond acceptors (Lipinski definition) is 2. The van der Waals surface area contributed by atoms with Crippen LogP contribution in [0.15, 0.2) is 0 Å². The van der Waals surface area contributed by atoms with Crippen molar-refractivity contribution < 1.29 is 9.59 Å². The molecule has 0 aromatic heterocycles. The van der Waals surface area contributed by atoms with Crippen LogP contribution in [-0.2, 0) is 9.59 Å². The summed E-state index contributed by atoms with van der Waals surface area (Å²) in [5.74, 6) is 0.0181. The summed E-state index contributed by atoms with van der Waals surface area (Å²) in [5, 5.41) is 2.84. The summed E-state index contributed by atoms with van der Waals surface area (Å²) in [6.45, 7) is 13.4. The van der Waals surface area contributed by atoms with E-state index in [1.54, 1.807) is 4.90 Å². The average molecular weight is 296 g/mol. The van der Waals surface area contributed by atoms with Gasteiger partial charge in [-0.3, -0.25) is 9.59 Å². The molecule has 1 N–H and O–H groups in total. The predicted octanol–water partition coefficient (Wildman–Crippen LogP) is 2.97. The molecule has 1 rings (SSSR count). The van der Waals surface area contributed by atoms with Crippen molar-refractivity contribution in [2.45, 2.75) is 73.3 Å². The number of rotatable bonds is 6. The van der Waals surface area contributed by atoms with Crippen molar-refractivity contribution in [3.05, 3.63) is 0 Å². The Hall–Kier alpha value is -1.06. The normalized spacial score (nSPS) is 20.7. The number of nitrogens with one attached hydrogen (secondary N) is 1. The Morgan fingerprint density at radius 1 is 1.14 bits per heavy atom. The van der Waals surface area contributed by atoms with Gasteiger partial charge in [0.1, 0.15) is 6.04 Å². The van der Waals surface area contributed by atoms with Gasteiger partial charge < -0.3 is 10.2 Å². The number of piperazine rings is 1. The summed E-state index contributed by atoms with van der Waals surface area (Å²) in [6.07, 6.45) is 4.70. The minimum atomic E-state index is -0.412. The lowest BCUT2D eigenvalue weighted by atomic mass is 9.82. The number of carbonyl (C=O) groups is 2. The molecule has 1 atom stereocenters. The van der Waals surface area contributed by atoms with Crippen molar-refractivity contribution >= 4 is 11.8 Å². The zero-order valence-electron chi connectivity index (χ0n) is 14.6. The van der Waals surface area contributed by atoms with Crippen molar-refractivity contribution in [2.24, 2.45) is 10.8 Å². The summed E-state index contributed by atoms with van der Waals surface area (Å²) < 4.78 is 0. The molecule has 0 aromatic rings. The van der Waals surface area contributed by atoms with Crippen LogP contribution in [-0.4, -0.2) is 35.8 Å². The fourth-order valence-electron chi connectivity index (χ4n) is 2.87. The predicted molar refractivity (Wildman–Crippen MR) is 85.9 cm³/mol. The van der Waals surface area contributed by atoms with Crippen LogP contribution in [0, 0.1) is 10.8 Å². The summed E-state index contributed by atoms with van der Waals surface area (Å²) in [7, 11) is 0. The minimum absolute atomic E-state index is 0.0427. The molecule has 1 aliphatic rings. The van der Waals surface area contributed by atoms with Gasteiger partial charge in [-0.2, -0.15) is 0 Å². The number of amides is 2. The molecule has 0 radical (unpaired) electrons. The van der Waals surface area contributed by atoms with E-state index in [0.717, 1.165) is 6.42 Å². The van der Waals surface area contributed by atoms with E-state index >= 15 is 0 Å². The molecule has 2 amide bonds. The smallest absolute Gasteiger partial charge is 0.246 e. The van der Waals surface area contributed by atoms with Crippen LogP contribution < -0.4 is 5.32 Å². The molecule has 1 fully saturated rings. The molecule has 4 heteroatoms. The molecule has 1 saturated heterocycles. The zero-order valence-corrected chi connectivity index (χ0v) is 14.6. The van der Waals surface area contributed by atoms with Crippen molar-refractivity contribution in [3.8, 4) is 0 Å². The van der Waals surface area contributed by atoms with Crippen LogP contribution in [0.4, 0.5) is 0 Å². The third kappa shape index (κ3) is 5.33. The zero-order chi connectivity index (χ0) is 16.3. The van der Waals surface area contributed by atoms with Crippen molar-refractivity contribution in [1.29, 1.82) is 0 Å². The maximum absolute atomic E-state index is 12.6. The van der Waals surface area contributed by atoms with Gasteiger partial charge in [-0.1, -0.05) is 60.8 Å². The highest BCUT2D eigenvalue weighted by Gasteiger charge is 2.41. The van der Waals surface area contributed by atoms with Crippen molar-refractivity contribution in [3.63, 3.8) is 0 Å². The first kappa shape index (κ1) is 18.0. The molecule has 0 saturated carbocycles. The van der Waals surface area contributed by atoms with Crippen LogP contribution in [0.2, 0.25) is 0 Å². The summed E-state index contributed by atoms with van der Waals surface area (Å²) in [5.41, 5.74) is -0.192. The van der Waals surface area contributed by atoms with Gasteiger partial charge in [0.15, 0.2) is 0 Å². The third-order valence-electron chi connectivity index (χ3n) is 4.14. The molecule has 0 aliphatic carbocycles. The highest BCUT2D eigenvalue weighted by atomic mass is 16.2.